The summed E-state index contributed by atoms with van der Waals surface area (Å²) in [6.45, 7) is 14.8. The van der Waals surface area contributed by atoms with Crippen LogP contribution in [0.2, 0.25) is 18.1 Å². The fourth-order valence-electron chi connectivity index (χ4n) is 3.79. The molecule has 28 heavy (non-hydrogen) atoms. The molecule has 0 atom stereocenters. The molecule has 3 rings (SSSR count). The number of nitrogens with one attached hydrogen (secondary N) is 2. The van der Waals surface area contributed by atoms with Gasteiger partial charge < -0.3 is 14.7 Å². The van der Waals surface area contributed by atoms with E-state index in [-0.39, 0.29) is 5.04 Å². The largest absolute Gasteiger partial charge is 0.414 e. The lowest BCUT2D eigenvalue weighted by Crippen LogP contribution is -2.44. The van der Waals surface area contributed by atoms with Crippen LogP contribution >= 0.6 is 0 Å². The summed E-state index contributed by atoms with van der Waals surface area (Å²) >= 11 is 0. The van der Waals surface area contributed by atoms with Crippen molar-refractivity contribution in [2.75, 3.05) is 11.9 Å². The lowest BCUT2D eigenvalue weighted by Gasteiger charge is -2.41. The first-order chi connectivity index (χ1) is 13.2. The Bertz CT molecular complexity index is 772. The Balaban J connectivity index is 1.65. The van der Waals surface area contributed by atoms with Crippen LogP contribution in [0.5, 0.6) is 0 Å². The van der Waals surface area contributed by atoms with Crippen LogP contribution in [0.15, 0.2) is 12.4 Å². The zero-order valence-electron chi connectivity index (χ0n) is 18.6. The molecule has 0 unspecified atom stereocenters. The van der Waals surface area contributed by atoms with Crippen molar-refractivity contribution in [1.82, 2.24) is 15.0 Å². The number of aromatic nitrogens is 3. The van der Waals surface area contributed by atoms with Gasteiger partial charge in [-0.3, -0.25) is 0 Å². The second-order valence-electron chi connectivity index (χ2n) is 9.83. The van der Waals surface area contributed by atoms with Gasteiger partial charge in [-0.25, -0.2) is 9.97 Å². The maximum absolute atomic E-state index is 6.67. The zero-order valence-corrected chi connectivity index (χ0v) is 19.6. The topological polar surface area (TPSA) is 62.8 Å². The Morgan fingerprint density at radius 3 is 2.57 bits per heavy atom. The number of H-pyrrole nitrogens is 1. The predicted molar refractivity (Wildman–Crippen MR) is 121 cm³/mol. The molecule has 2 aromatic rings. The molecule has 0 radical (unpaired) electrons. The molecule has 2 N–H and O–H groups in total. The standard InChI is InChI=1S/C22H38N4OSi/c1-7-8-13-23-21-25-15-19-20(26-21)18(14-24-19)16-9-11-17(12-10-16)27-28(5,6)22(2,3)4/h14-17,24H,7-13H2,1-6H3,(H,23,25,26). The van der Waals surface area contributed by atoms with E-state index in [1.807, 2.05) is 6.20 Å². The van der Waals surface area contributed by atoms with E-state index in [9.17, 15) is 0 Å². The van der Waals surface area contributed by atoms with Crippen molar-refractivity contribution in [1.29, 1.82) is 0 Å². The second kappa shape index (κ2) is 8.53. The van der Waals surface area contributed by atoms with E-state index in [0.29, 0.717) is 12.0 Å². The molecule has 156 valence electrons. The fourth-order valence-corrected chi connectivity index (χ4v) is 5.21. The van der Waals surface area contributed by atoms with E-state index in [4.69, 9.17) is 9.41 Å². The van der Waals surface area contributed by atoms with Crippen molar-refractivity contribution < 1.29 is 4.43 Å². The second-order valence-corrected chi connectivity index (χ2v) is 14.6. The first kappa shape index (κ1) is 21.3. The quantitative estimate of drug-likeness (QED) is 0.426. The lowest BCUT2D eigenvalue weighted by atomic mass is 9.83. The van der Waals surface area contributed by atoms with Crippen LogP contribution in [0.4, 0.5) is 5.95 Å². The average Bonchev–Trinajstić information content (AvgIpc) is 3.05. The molecular weight excluding hydrogens is 364 g/mol. The molecule has 6 heteroatoms. The SMILES string of the molecule is CCCCNc1ncc2[nH]cc(C3CCC(O[Si](C)(C)C(C)(C)C)CC3)c2n1. The van der Waals surface area contributed by atoms with Crippen LogP contribution in [-0.4, -0.2) is 35.9 Å². The molecular formula is C22H38N4OSi. The number of nitrogens with zero attached hydrogens (tertiary/aromatic N) is 2. The van der Waals surface area contributed by atoms with Gasteiger partial charge in [-0.05, 0) is 61.7 Å². The molecule has 1 saturated carbocycles. The number of rotatable bonds is 7. The highest BCUT2D eigenvalue weighted by atomic mass is 28.4. The molecule has 2 heterocycles. The van der Waals surface area contributed by atoms with E-state index in [0.717, 1.165) is 42.8 Å². The third-order valence-electron chi connectivity index (χ3n) is 6.64. The van der Waals surface area contributed by atoms with E-state index in [1.165, 1.54) is 24.8 Å². The first-order valence-corrected chi connectivity index (χ1v) is 13.9. The maximum atomic E-state index is 6.67. The molecule has 0 saturated heterocycles. The van der Waals surface area contributed by atoms with Gasteiger partial charge in [0.2, 0.25) is 5.95 Å². The van der Waals surface area contributed by atoms with Gasteiger partial charge in [-0.1, -0.05) is 34.1 Å². The minimum atomic E-state index is -1.68. The zero-order chi connectivity index (χ0) is 20.4. The predicted octanol–water partition coefficient (Wildman–Crippen LogP) is 6.22. The summed E-state index contributed by atoms with van der Waals surface area (Å²) < 4.78 is 6.67. The monoisotopic (exact) mass is 402 g/mol. The summed E-state index contributed by atoms with van der Waals surface area (Å²) in [6, 6.07) is 0. The maximum Gasteiger partial charge on any atom is 0.223 e. The number of fused-ring (bicyclic) bond motifs is 1. The highest BCUT2D eigenvalue weighted by Gasteiger charge is 2.40. The number of hydrogen-bond acceptors (Lipinski definition) is 4. The molecule has 1 aliphatic rings. The van der Waals surface area contributed by atoms with E-state index in [2.05, 4.69) is 62.3 Å². The van der Waals surface area contributed by atoms with Gasteiger partial charge in [0.25, 0.3) is 0 Å². The Morgan fingerprint density at radius 2 is 1.93 bits per heavy atom. The Labute approximate surface area is 171 Å². The number of unbranched alkanes of at least 4 members (excludes halogenated alkanes) is 1. The molecule has 0 aliphatic heterocycles. The van der Waals surface area contributed by atoms with Crippen LogP contribution in [0.1, 0.15) is 77.7 Å². The van der Waals surface area contributed by atoms with Crippen molar-refractivity contribution in [3.8, 4) is 0 Å². The minimum Gasteiger partial charge on any atom is -0.414 e. The molecule has 0 amide bonds. The molecule has 1 aliphatic carbocycles. The van der Waals surface area contributed by atoms with Gasteiger partial charge in [-0.15, -0.1) is 0 Å². The van der Waals surface area contributed by atoms with Crippen molar-refractivity contribution in [2.45, 2.75) is 96.4 Å². The van der Waals surface area contributed by atoms with Gasteiger partial charge in [0.15, 0.2) is 8.32 Å². The summed E-state index contributed by atoms with van der Waals surface area (Å²) in [5.41, 5.74) is 3.47. The normalized spacial score (nSPS) is 21.2. The van der Waals surface area contributed by atoms with Gasteiger partial charge in [-0.2, -0.15) is 0 Å². The van der Waals surface area contributed by atoms with Crippen molar-refractivity contribution in [2.24, 2.45) is 0 Å². The van der Waals surface area contributed by atoms with Crippen molar-refractivity contribution in [3.63, 3.8) is 0 Å². The molecule has 0 aromatic carbocycles. The van der Waals surface area contributed by atoms with Crippen LogP contribution in [0.25, 0.3) is 11.0 Å². The summed E-state index contributed by atoms with van der Waals surface area (Å²) in [4.78, 5) is 12.6. The minimum absolute atomic E-state index is 0.277. The number of aromatic amines is 1. The summed E-state index contributed by atoms with van der Waals surface area (Å²) in [7, 11) is -1.68. The van der Waals surface area contributed by atoms with Crippen LogP contribution in [0, 0.1) is 0 Å². The van der Waals surface area contributed by atoms with E-state index < -0.39 is 8.32 Å². The van der Waals surface area contributed by atoms with Gasteiger partial charge >= 0.3 is 0 Å². The Morgan fingerprint density at radius 1 is 1.21 bits per heavy atom. The Kier molecular flexibility index (Phi) is 6.50. The number of hydrogen-bond donors (Lipinski definition) is 2. The van der Waals surface area contributed by atoms with Crippen molar-refractivity contribution >= 4 is 25.3 Å². The van der Waals surface area contributed by atoms with Gasteiger partial charge in [0.05, 0.1) is 17.2 Å². The molecule has 5 nitrogen and oxygen atoms in total. The summed E-state index contributed by atoms with van der Waals surface area (Å²) in [5, 5.41) is 3.63. The smallest absolute Gasteiger partial charge is 0.223 e. The fraction of sp³-hybridized carbons (Fsp3) is 0.727. The molecule has 2 aromatic heterocycles. The molecule has 1 fully saturated rings. The third-order valence-corrected chi connectivity index (χ3v) is 11.2. The van der Waals surface area contributed by atoms with Crippen LogP contribution < -0.4 is 5.32 Å². The summed E-state index contributed by atoms with van der Waals surface area (Å²) in [6.07, 6.45) is 11.4. The van der Waals surface area contributed by atoms with Crippen LogP contribution in [0.3, 0.4) is 0 Å². The summed E-state index contributed by atoms with van der Waals surface area (Å²) in [5.74, 6) is 1.31. The average molecular weight is 403 g/mol. The third kappa shape index (κ3) is 4.77. The van der Waals surface area contributed by atoms with E-state index >= 15 is 0 Å². The Hall–Kier alpha value is -1.40. The van der Waals surface area contributed by atoms with Gasteiger partial charge in [0, 0.05) is 18.8 Å². The van der Waals surface area contributed by atoms with Crippen molar-refractivity contribution in [3.05, 3.63) is 18.0 Å². The number of anilines is 1. The van der Waals surface area contributed by atoms with Gasteiger partial charge in [0.1, 0.15) is 0 Å². The molecule has 0 bridgehead atoms. The molecule has 0 spiro atoms. The highest BCUT2D eigenvalue weighted by molar-refractivity contribution is 6.74. The first-order valence-electron chi connectivity index (χ1n) is 11.0. The van der Waals surface area contributed by atoms with E-state index in [1.54, 1.807) is 0 Å². The highest BCUT2D eigenvalue weighted by Crippen LogP contribution is 2.42. The van der Waals surface area contributed by atoms with Crippen LogP contribution in [-0.2, 0) is 4.43 Å². The lowest BCUT2D eigenvalue weighted by molar-refractivity contribution is 0.130.